The summed E-state index contributed by atoms with van der Waals surface area (Å²) in [6.07, 6.45) is 2.16. The lowest BCUT2D eigenvalue weighted by molar-refractivity contribution is 0.252. The molecule has 0 saturated carbocycles. The van der Waals surface area contributed by atoms with E-state index in [1.807, 2.05) is 0 Å². The van der Waals surface area contributed by atoms with Gasteiger partial charge in [-0.25, -0.2) is 8.42 Å². The van der Waals surface area contributed by atoms with Crippen molar-refractivity contribution >= 4 is 15.8 Å². The SMILES string of the molecule is CC(C)(C)C1CCN(S(=O)(=O)c2cn[nH]c2N)C1. The second-order valence-corrected chi connectivity index (χ2v) is 7.77. The summed E-state index contributed by atoms with van der Waals surface area (Å²) < 4.78 is 26.3. The maximum atomic E-state index is 12.4. The molecule has 0 amide bonds. The first-order valence-corrected chi connectivity index (χ1v) is 7.46. The summed E-state index contributed by atoms with van der Waals surface area (Å²) in [5, 5.41) is 6.13. The molecule has 18 heavy (non-hydrogen) atoms. The van der Waals surface area contributed by atoms with Gasteiger partial charge >= 0.3 is 0 Å². The van der Waals surface area contributed by atoms with Gasteiger partial charge in [-0.15, -0.1) is 0 Å². The number of hydrogen-bond donors (Lipinski definition) is 2. The van der Waals surface area contributed by atoms with Crippen molar-refractivity contribution < 1.29 is 8.42 Å². The molecular weight excluding hydrogens is 252 g/mol. The minimum Gasteiger partial charge on any atom is -0.383 e. The highest BCUT2D eigenvalue weighted by molar-refractivity contribution is 7.89. The highest BCUT2D eigenvalue weighted by Gasteiger charge is 2.38. The van der Waals surface area contributed by atoms with Gasteiger partial charge in [0, 0.05) is 13.1 Å². The van der Waals surface area contributed by atoms with Crippen LogP contribution < -0.4 is 5.73 Å². The number of nitrogens with zero attached hydrogens (tertiary/aromatic N) is 2. The van der Waals surface area contributed by atoms with Crippen LogP contribution >= 0.6 is 0 Å². The second-order valence-electron chi connectivity index (χ2n) is 5.86. The van der Waals surface area contributed by atoms with Gasteiger partial charge in [0.1, 0.15) is 10.7 Å². The van der Waals surface area contributed by atoms with E-state index in [-0.39, 0.29) is 16.1 Å². The summed E-state index contributed by atoms with van der Waals surface area (Å²) in [6, 6.07) is 0. The van der Waals surface area contributed by atoms with Crippen LogP contribution in [-0.2, 0) is 10.0 Å². The van der Waals surface area contributed by atoms with Crippen LogP contribution in [0.5, 0.6) is 0 Å². The summed E-state index contributed by atoms with van der Waals surface area (Å²) in [5.74, 6) is 0.481. The van der Waals surface area contributed by atoms with E-state index in [2.05, 4.69) is 31.0 Å². The molecule has 1 aliphatic rings. The maximum absolute atomic E-state index is 12.4. The summed E-state index contributed by atoms with van der Waals surface area (Å²) in [6.45, 7) is 7.52. The van der Waals surface area contributed by atoms with Crippen LogP contribution in [0.25, 0.3) is 0 Å². The van der Waals surface area contributed by atoms with E-state index in [4.69, 9.17) is 5.73 Å². The number of nitrogens with one attached hydrogen (secondary N) is 1. The molecule has 1 aliphatic heterocycles. The van der Waals surface area contributed by atoms with E-state index in [1.165, 1.54) is 10.5 Å². The molecule has 3 N–H and O–H groups in total. The third-order valence-electron chi connectivity index (χ3n) is 3.63. The Balaban J connectivity index is 2.22. The Morgan fingerprint density at radius 2 is 2.17 bits per heavy atom. The fourth-order valence-corrected chi connectivity index (χ4v) is 3.79. The van der Waals surface area contributed by atoms with Crippen LogP contribution in [0.1, 0.15) is 27.2 Å². The first-order chi connectivity index (χ1) is 8.23. The topological polar surface area (TPSA) is 92.1 Å². The van der Waals surface area contributed by atoms with Crippen LogP contribution in [0.4, 0.5) is 5.82 Å². The number of rotatable bonds is 2. The minimum atomic E-state index is -3.50. The normalized spacial score (nSPS) is 22.5. The highest BCUT2D eigenvalue weighted by Crippen LogP contribution is 2.36. The zero-order valence-electron chi connectivity index (χ0n) is 11.0. The lowest BCUT2D eigenvalue weighted by atomic mass is 9.80. The zero-order valence-corrected chi connectivity index (χ0v) is 11.8. The number of hydrogen-bond acceptors (Lipinski definition) is 4. The quantitative estimate of drug-likeness (QED) is 0.841. The standard InChI is InChI=1S/C11H20N4O2S/c1-11(2,3)8-4-5-15(7-8)18(16,17)9-6-13-14-10(9)12/h6,8H,4-5,7H2,1-3H3,(H3,12,13,14). The first-order valence-electron chi connectivity index (χ1n) is 6.02. The third kappa shape index (κ3) is 2.24. The number of sulfonamides is 1. The molecule has 0 aromatic carbocycles. The van der Waals surface area contributed by atoms with Crippen molar-refractivity contribution in [1.29, 1.82) is 0 Å². The van der Waals surface area contributed by atoms with Crippen LogP contribution in [0.15, 0.2) is 11.1 Å². The van der Waals surface area contributed by atoms with Gasteiger partial charge in [-0.1, -0.05) is 20.8 Å². The fraction of sp³-hybridized carbons (Fsp3) is 0.727. The van der Waals surface area contributed by atoms with Gasteiger partial charge in [-0.05, 0) is 17.8 Å². The Morgan fingerprint density at radius 3 is 2.61 bits per heavy atom. The first kappa shape index (κ1) is 13.4. The fourth-order valence-electron chi connectivity index (χ4n) is 2.28. The number of anilines is 1. The highest BCUT2D eigenvalue weighted by atomic mass is 32.2. The van der Waals surface area contributed by atoms with Gasteiger partial charge in [0.25, 0.3) is 0 Å². The molecule has 6 nitrogen and oxygen atoms in total. The van der Waals surface area contributed by atoms with Crippen molar-refractivity contribution in [3.63, 3.8) is 0 Å². The summed E-state index contributed by atoms with van der Waals surface area (Å²) >= 11 is 0. The van der Waals surface area contributed by atoms with Crippen molar-refractivity contribution in [3.8, 4) is 0 Å². The van der Waals surface area contributed by atoms with E-state index in [1.54, 1.807) is 0 Å². The number of H-pyrrole nitrogens is 1. The molecule has 0 spiro atoms. The predicted molar refractivity (Wildman–Crippen MR) is 69.3 cm³/mol. The van der Waals surface area contributed by atoms with Crippen molar-refractivity contribution in [3.05, 3.63) is 6.20 Å². The van der Waals surface area contributed by atoms with Gasteiger partial charge < -0.3 is 5.73 Å². The van der Waals surface area contributed by atoms with Crippen LogP contribution in [0.2, 0.25) is 0 Å². The lowest BCUT2D eigenvalue weighted by Gasteiger charge is -2.26. The molecule has 2 rings (SSSR count). The molecule has 1 saturated heterocycles. The van der Waals surface area contributed by atoms with Crippen molar-refractivity contribution in [2.24, 2.45) is 11.3 Å². The van der Waals surface area contributed by atoms with Crippen molar-refractivity contribution in [2.45, 2.75) is 32.1 Å². The molecule has 0 radical (unpaired) electrons. The Kier molecular flexibility index (Phi) is 3.14. The Labute approximate surface area is 108 Å². The predicted octanol–water partition coefficient (Wildman–Crippen LogP) is 1.05. The van der Waals surface area contributed by atoms with E-state index < -0.39 is 10.0 Å². The van der Waals surface area contributed by atoms with Gasteiger partial charge in [0.15, 0.2) is 0 Å². The van der Waals surface area contributed by atoms with E-state index in [9.17, 15) is 8.42 Å². The van der Waals surface area contributed by atoms with Crippen molar-refractivity contribution in [2.75, 3.05) is 18.8 Å². The van der Waals surface area contributed by atoms with E-state index in [0.717, 1.165) is 6.42 Å². The van der Waals surface area contributed by atoms with Gasteiger partial charge in [0.2, 0.25) is 10.0 Å². The molecule has 1 aromatic rings. The lowest BCUT2D eigenvalue weighted by Crippen LogP contribution is -2.31. The molecular formula is C11H20N4O2S. The third-order valence-corrected chi connectivity index (χ3v) is 5.52. The van der Waals surface area contributed by atoms with Crippen LogP contribution in [0.3, 0.4) is 0 Å². The second kappa shape index (κ2) is 4.24. The zero-order chi connectivity index (χ0) is 13.6. The minimum absolute atomic E-state index is 0.0806. The Morgan fingerprint density at radius 1 is 1.50 bits per heavy atom. The van der Waals surface area contributed by atoms with Gasteiger partial charge in [-0.3, -0.25) is 5.10 Å². The average Bonchev–Trinajstić information content (AvgIpc) is 2.83. The van der Waals surface area contributed by atoms with Crippen LogP contribution in [0, 0.1) is 11.3 Å². The number of nitrogens with two attached hydrogens (primary N) is 1. The molecule has 1 unspecified atom stereocenters. The smallest absolute Gasteiger partial charge is 0.248 e. The van der Waals surface area contributed by atoms with Crippen LogP contribution in [-0.4, -0.2) is 36.0 Å². The van der Waals surface area contributed by atoms with E-state index >= 15 is 0 Å². The molecule has 7 heteroatoms. The molecule has 1 atom stereocenters. The summed E-state index contributed by atoms with van der Waals surface area (Å²) in [7, 11) is -3.50. The van der Waals surface area contributed by atoms with Gasteiger partial charge in [0.05, 0.1) is 6.20 Å². The summed E-state index contributed by atoms with van der Waals surface area (Å²) in [5.41, 5.74) is 5.71. The van der Waals surface area contributed by atoms with E-state index in [0.29, 0.717) is 19.0 Å². The Hall–Kier alpha value is -1.08. The van der Waals surface area contributed by atoms with Gasteiger partial charge in [-0.2, -0.15) is 9.40 Å². The molecule has 1 fully saturated rings. The molecule has 0 bridgehead atoms. The summed E-state index contributed by atoms with van der Waals surface area (Å²) in [4.78, 5) is 0.0806. The average molecular weight is 272 g/mol. The monoisotopic (exact) mass is 272 g/mol. The molecule has 1 aromatic heterocycles. The number of aromatic nitrogens is 2. The van der Waals surface area contributed by atoms with Crippen molar-refractivity contribution in [1.82, 2.24) is 14.5 Å². The number of nitrogen functional groups attached to an aromatic ring is 1. The molecule has 0 aliphatic carbocycles. The maximum Gasteiger partial charge on any atom is 0.248 e. The largest absolute Gasteiger partial charge is 0.383 e. The number of aromatic amines is 1. The molecule has 2 heterocycles. The molecule has 102 valence electrons. The Bertz CT molecular complexity index is 529.